The van der Waals surface area contributed by atoms with E-state index in [4.69, 9.17) is 16.3 Å². The number of hydrogen-bond acceptors (Lipinski definition) is 5. The summed E-state index contributed by atoms with van der Waals surface area (Å²) < 4.78 is 4.89. The molecule has 0 bridgehead atoms. The quantitative estimate of drug-likeness (QED) is 0.554. The number of nitrogens with one attached hydrogen (secondary N) is 2. The summed E-state index contributed by atoms with van der Waals surface area (Å²) in [6, 6.07) is 15.3. The zero-order chi connectivity index (χ0) is 22.7. The second-order valence-corrected chi connectivity index (χ2v) is 8.46. The summed E-state index contributed by atoms with van der Waals surface area (Å²) in [5, 5.41) is 4.13. The number of nitrogens with zero attached hydrogens (tertiary/aromatic N) is 2. The lowest BCUT2D eigenvalue weighted by Gasteiger charge is -2.37. The summed E-state index contributed by atoms with van der Waals surface area (Å²) in [6.45, 7) is 6.18. The molecule has 1 aromatic heterocycles. The first kappa shape index (κ1) is 22.3. The number of aromatic nitrogens is 1. The SMILES string of the molecule is COC(=O)c1[nH]c2ccc(Cl)cc2c1NC(=O)[C@@H](C)N1CCN(Cc2ccccc2)CC1. The molecule has 1 aliphatic heterocycles. The third kappa shape index (κ3) is 4.80. The van der Waals surface area contributed by atoms with Crippen LogP contribution in [-0.4, -0.2) is 66.0 Å². The maximum atomic E-state index is 13.1. The minimum atomic E-state index is -0.546. The molecule has 1 atom stereocenters. The second-order valence-electron chi connectivity index (χ2n) is 8.02. The number of rotatable bonds is 6. The Kier molecular flexibility index (Phi) is 6.79. The Hall–Kier alpha value is -2.87. The van der Waals surface area contributed by atoms with E-state index in [0.29, 0.717) is 21.6 Å². The maximum absolute atomic E-state index is 13.1. The Morgan fingerprint density at radius 2 is 1.84 bits per heavy atom. The summed E-state index contributed by atoms with van der Waals surface area (Å²) in [5.41, 5.74) is 2.60. The standard InChI is InChI=1S/C24H27ClN4O3/c1-16(29-12-10-28(11-13-29)15-17-6-4-3-5-7-17)23(30)27-21-19-14-18(25)8-9-20(19)26-22(21)24(31)32-2/h3-9,14,16,26H,10-13,15H2,1-2H3,(H,27,30)/t16-/m1/s1. The molecule has 168 valence electrons. The highest BCUT2D eigenvalue weighted by atomic mass is 35.5. The Morgan fingerprint density at radius 1 is 1.12 bits per heavy atom. The number of ether oxygens (including phenoxy) is 1. The van der Waals surface area contributed by atoms with Gasteiger partial charge in [-0.2, -0.15) is 0 Å². The molecule has 3 aromatic rings. The Morgan fingerprint density at radius 3 is 2.53 bits per heavy atom. The van der Waals surface area contributed by atoms with Crippen LogP contribution in [-0.2, 0) is 16.1 Å². The van der Waals surface area contributed by atoms with Crippen molar-refractivity contribution in [3.63, 3.8) is 0 Å². The number of H-pyrrole nitrogens is 1. The molecule has 0 spiro atoms. The van der Waals surface area contributed by atoms with Gasteiger partial charge >= 0.3 is 5.97 Å². The van der Waals surface area contributed by atoms with Crippen molar-refractivity contribution in [2.24, 2.45) is 0 Å². The van der Waals surface area contributed by atoms with Gasteiger partial charge in [0.1, 0.15) is 5.69 Å². The first-order valence-electron chi connectivity index (χ1n) is 10.7. The van der Waals surface area contributed by atoms with Gasteiger partial charge in [-0.3, -0.25) is 14.6 Å². The van der Waals surface area contributed by atoms with E-state index in [0.717, 1.165) is 32.7 Å². The van der Waals surface area contributed by atoms with Crippen molar-refractivity contribution in [1.82, 2.24) is 14.8 Å². The molecule has 1 amide bonds. The number of amides is 1. The van der Waals surface area contributed by atoms with Gasteiger partial charge in [0.05, 0.1) is 18.8 Å². The Bertz CT molecular complexity index is 1110. The van der Waals surface area contributed by atoms with Gasteiger partial charge in [0, 0.05) is 48.6 Å². The molecule has 0 unspecified atom stereocenters. The number of esters is 1. The van der Waals surface area contributed by atoms with E-state index in [2.05, 4.69) is 44.4 Å². The monoisotopic (exact) mass is 454 g/mol. The maximum Gasteiger partial charge on any atom is 0.356 e. The molecule has 0 saturated carbocycles. The van der Waals surface area contributed by atoms with E-state index in [1.807, 2.05) is 13.0 Å². The molecule has 2 N–H and O–H groups in total. The molecule has 2 heterocycles. The van der Waals surface area contributed by atoms with Crippen molar-refractivity contribution < 1.29 is 14.3 Å². The molecule has 8 heteroatoms. The fourth-order valence-corrected chi connectivity index (χ4v) is 4.27. The van der Waals surface area contributed by atoms with E-state index in [9.17, 15) is 9.59 Å². The van der Waals surface area contributed by atoms with Gasteiger partial charge < -0.3 is 15.0 Å². The highest BCUT2D eigenvalue weighted by molar-refractivity contribution is 6.31. The summed E-state index contributed by atoms with van der Waals surface area (Å²) in [6.07, 6.45) is 0. The van der Waals surface area contributed by atoms with Crippen LogP contribution in [0.25, 0.3) is 10.9 Å². The van der Waals surface area contributed by atoms with Crippen LogP contribution in [0.1, 0.15) is 23.0 Å². The van der Waals surface area contributed by atoms with Gasteiger partial charge in [-0.25, -0.2) is 4.79 Å². The van der Waals surface area contributed by atoms with E-state index < -0.39 is 5.97 Å². The van der Waals surface area contributed by atoms with Crippen LogP contribution in [0.4, 0.5) is 5.69 Å². The number of hydrogen-bond donors (Lipinski definition) is 2. The zero-order valence-corrected chi connectivity index (χ0v) is 19.0. The van der Waals surface area contributed by atoms with E-state index in [1.165, 1.54) is 12.7 Å². The molecule has 0 radical (unpaired) electrons. The lowest BCUT2D eigenvalue weighted by molar-refractivity contribution is -0.121. The summed E-state index contributed by atoms with van der Waals surface area (Å²) in [5.74, 6) is -0.720. The number of aromatic amines is 1. The van der Waals surface area contributed by atoms with Gasteiger partial charge in [0.15, 0.2) is 0 Å². The predicted molar refractivity (Wildman–Crippen MR) is 126 cm³/mol. The lowest BCUT2D eigenvalue weighted by atomic mass is 10.1. The van der Waals surface area contributed by atoms with Gasteiger partial charge in [-0.1, -0.05) is 41.9 Å². The van der Waals surface area contributed by atoms with Crippen LogP contribution >= 0.6 is 11.6 Å². The predicted octanol–water partition coefficient (Wildman–Crippen LogP) is 3.75. The van der Waals surface area contributed by atoms with Gasteiger partial charge in [-0.05, 0) is 30.7 Å². The number of benzene rings is 2. The molecular formula is C24H27ClN4O3. The van der Waals surface area contributed by atoms with Crippen molar-refractivity contribution in [2.75, 3.05) is 38.6 Å². The summed E-state index contributed by atoms with van der Waals surface area (Å²) >= 11 is 6.15. The van der Waals surface area contributed by atoms with E-state index in [1.54, 1.807) is 18.2 Å². The largest absolute Gasteiger partial charge is 0.464 e. The highest BCUT2D eigenvalue weighted by Crippen LogP contribution is 2.31. The normalized spacial score (nSPS) is 16.1. The van der Waals surface area contributed by atoms with Crippen molar-refractivity contribution in [3.05, 3.63) is 64.8 Å². The molecule has 2 aromatic carbocycles. The third-order valence-corrected chi connectivity index (χ3v) is 6.22. The first-order valence-corrected chi connectivity index (χ1v) is 11.0. The lowest BCUT2D eigenvalue weighted by Crippen LogP contribution is -2.52. The fourth-order valence-electron chi connectivity index (χ4n) is 4.09. The molecule has 32 heavy (non-hydrogen) atoms. The summed E-state index contributed by atoms with van der Waals surface area (Å²) in [7, 11) is 1.31. The number of carbonyl (C=O) groups is 2. The van der Waals surface area contributed by atoms with E-state index >= 15 is 0 Å². The van der Waals surface area contributed by atoms with Gasteiger partial charge in [-0.15, -0.1) is 0 Å². The van der Waals surface area contributed by atoms with Gasteiger partial charge in [0.25, 0.3) is 0 Å². The van der Waals surface area contributed by atoms with Crippen molar-refractivity contribution >= 4 is 40.1 Å². The smallest absolute Gasteiger partial charge is 0.356 e. The highest BCUT2D eigenvalue weighted by Gasteiger charge is 2.28. The topological polar surface area (TPSA) is 77.7 Å². The molecule has 1 aliphatic rings. The van der Waals surface area contributed by atoms with Crippen molar-refractivity contribution in [3.8, 4) is 0 Å². The molecule has 1 saturated heterocycles. The number of methoxy groups -OCH3 is 1. The van der Waals surface area contributed by atoms with E-state index in [-0.39, 0.29) is 17.6 Å². The number of anilines is 1. The number of fused-ring (bicyclic) bond motifs is 1. The van der Waals surface area contributed by atoms with Crippen LogP contribution in [0, 0.1) is 0 Å². The number of piperazine rings is 1. The molecule has 1 fully saturated rings. The average molecular weight is 455 g/mol. The Labute approximate surface area is 192 Å². The average Bonchev–Trinajstić information content (AvgIpc) is 3.16. The molecule has 4 rings (SSSR count). The minimum Gasteiger partial charge on any atom is -0.464 e. The van der Waals surface area contributed by atoms with Crippen LogP contribution in [0.5, 0.6) is 0 Å². The van der Waals surface area contributed by atoms with Crippen LogP contribution in [0.3, 0.4) is 0 Å². The fraction of sp³-hybridized carbons (Fsp3) is 0.333. The van der Waals surface area contributed by atoms with Crippen LogP contribution in [0.15, 0.2) is 48.5 Å². The minimum absolute atomic E-state index is 0.174. The summed E-state index contributed by atoms with van der Waals surface area (Å²) in [4.78, 5) is 33.0. The second kappa shape index (κ2) is 9.73. The molecule has 0 aliphatic carbocycles. The molecular weight excluding hydrogens is 428 g/mol. The van der Waals surface area contributed by atoms with Crippen LogP contribution in [0.2, 0.25) is 5.02 Å². The zero-order valence-electron chi connectivity index (χ0n) is 18.2. The van der Waals surface area contributed by atoms with Gasteiger partial charge in [0.2, 0.25) is 5.91 Å². The molecule has 7 nitrogen and oxygen atoms in total. The van der Waals surface area contributed by atoms with Crippen LogP contribution < -0.4 is 5.32 Å². The third-order valence-electron chi connectivity index (χ3n) is 5.98. The Balaban J connectivity index is 1.43. The number of carbonyl (C=O) groups excluding carboxylic acids is 2. The number of halogens is 1. The first-order chi connectivity index (χ1) is 15.5. The van der Waals surface area contributed by atoms with Crippen molar-refractivity contribution in [1.29, 1.82) is 0 Å². The van der Waals surface area contributed by atoms with Crippen molar-refractivity contribution in [2.45, 2.75) is 19.5 Å².